The summed E-state index contributed by atoms with van der Waals surface area (Å²) in [6, 6.07) is 15.2. The van der Waals surface area contributed by atoms with Gasteiger partial charge in [0.05, 0.1) is 18.8 Å². The van der Waals surface area contributed by atoms with E-state index in [1.165, 1.54) is 0 Å². The third-order valence-corrected chi connectivity index (χ3v) is 3.17. The van der Waals surface area contributed by atoms with E-state index < -0.39 is 0 Å². The Labute approximate surface area is 103 Å². The van der Waals surface area contributed by atoms with Gasteiger partial charge in [0, 0.05) is 27.1 Å². The SMILES string of the molecule is [c]1cccc2c(-c3ccc4cocc4c3)occ12. The first-order valence-electron chi connectivity index (χ1n) is 5.76. The monoisotopic (exact) mass is 233 g/mol. The largest absolute Gasteiger partial charge is 0.471 e. The Kier molecular flexibility index (Phi) is 1.86. The highest BCUT2D eigenvalue weighted by atomic mass is 16.3. The van der Waals surface area contributed by atoms with Crippen LogP contribution in [0.15, 0.2) is 64.0 Å². The second kappa shape index (κ2) is 3.50. The summed E-state index contributed by atoms with van der Waals surface area (Å²) in [5, 5.41) is 4.26. The lowest BCUT2D eigenvalue weighted by molar-refractivity contribution is 0.572. The van der Waals surface area contributed by atoms with Gasteiger partial charge < -0.3 is 8.83 Å². The molecule has 1 radical (unpaired) electrons. The zero-order chi connectivity index (χ0) is 11.9. The minimum atomic E-state index is 0.880. The summed E-state index contributed by atoms with van der Waals surface area (Å²) < 4.78 is 10.9. The minimum Gasteiger partial charge on any atom is -0.471 e. The normalized spacial score (nSPS) is 11.3. The second-order valence-corrected chi connectivity index (χ2v) is 4.28. The maximum atomic E-state index is 5.66. The molecule has 2 aromatic carbocycles. The van der Waals surface area contributed by atoms with Gasteiger partial charge in [0.2, 0.25) is 0 Å². The van der Waals surface area contributed by atoms with Gasteiger partial charge in [0.25, 0.3) is 0 Å². The molecule has 4 aromatic rings. The Morgan fingerprint density at radius 2 is 1.89 bits per heavy atom. The molecule has 2 heterocycles. The number of rotatable bonds is 1. The van der Waals surface area contributed by atoms with Crippen molar-refractivity contribution in [3.63, 3.8) is 0 Å². The lowest BCUT2D eigenvalue weighted by Crippen LogP contribution is -1.75. The van der Waals surface area contributed by atoms with Gasteiger partial charge >= 0.3 is 0 Å². The van der Waals surface area contributed by atoms with Crippen molar-refractivity contribution in [3.8, 4) is 11.3 Å². The minimum absolute atomic E-state index is 0.880. The van der Waals surface area contributed by atoms with Crippen LogP contribution in [-0.4, -0.2) is 0 Å². The van der Waals surface area contributed by atoms with E-state index in [2.05, 4.69) is 12.1 Å². The van der Waals surface area contributed by atoms with Crippen LogP contribution in [0.1, 0.15) is 0 Å². The van der Waals surface area contributed by atoms with E-state index in [9.17, 15) is 0 Å². The average molecular weight is 233 g/mol. The van der Waals surface area contributed by atoms with E-state index in [1.807, 2.05) is 30.3 Å². The molecule has 0 bridgehead atoms. The summed E-state index contributed by atoms with van der Waals surface area (Å²) in [7, 11) is 0. The number of hydrogen-bond donors (Lipinski definition) is 0. The smallest absolute Gasteiger partial charge is 0.141 e. The van der Waals surface area contributed by atoms with Crippen LogP contribution < -0.4 is 0 Å². The summed E-state index contributed by atoms with van der Waals surface area (Å²) in [6.07, 6.45) is 5.23. The van der Waals surface area contributed by atoms with E-state index >= 15 is 0 Å². The van der Waals surface area contributed by atoms with Crippen molar-refractivity contribution >= 4 is 21.5 Å². The molecule has 0 amide bonds. The summed E-state index contributed by atoms with van der Waals surface area (Å²) in [5.74, 6) is 0.880. The first-order valence-corrected chi connectivity index (χ1v) is 5.76. The third kappa shape index (κ3) is 1.29. The Hall–Kier alpha value is -2.48. The van der Waals surface area contributed by atoms with Gasteiger partial charge in [-0.3, -0.25) is 0 Å². The van der Waals surface area contributed by atoms with E-state index in [4.69, 9.17) is 8.83 Å². The van der Waals surface area contributed by atoms with Crippen molar-refractivity contribution in [1.29, 1.82) is 0 Å². The summed E-state index contributed by atoms with van der Waals surface area (Å²) in [5.41, 5.74) is 1.05. The molecular formula is C16H9O2. The van der Waals surface area contributed by atoms with Crippen molar-refractivity contribution in [2.45, 2.75) is 0 Å². The van der Waals surface area contributed by atoms with Gasteiger partial charge in [-0.2, -0.15) is 0 Å². The van der Waals surface area contributed by atoms with Crippen molar-refractivity contribution < 1.29 is 8.83 Å². The molecule has 0 atom stereocenters. The molecule has 0 spiro atoms. The summed E-state index contributed by atoms with van der Waals surface area (Å²) in [4.78, 5) is 0. The standard InChI is InChI=1S/C16H9O2/c1-2-4-15-13(3-1)10-18-16(15)11-5-6-12-8-17-9-14(12)7-11/h1-2,4-10H. The van der Waals surface area contributed by atoms with Crippen LogP contribution in [0, 0.1) is 6.07 Å². The van der Waals surface area contributed by atoms with Crippen LogP contribution in [0.2, 0.25) is 0 Å². The quantitative estimate of drug-likeness (QED) is 0.478. The molecule has 0 unspecified atom stereocenters. The van der Waals surface area contributed by atoms with Gasteiger partial charge in [0.1, 0.15) is 5.76 Å². The van der Waals surface area contributed by atoms with E-state index in [-0.39, 0.29) is 0 Å². The lowest BCUT2D eigenvalue weighted by Gasteiger charge is -1.98. The maximum absolute atomic E-state index is 5.66. The van der Waals surface area contributed by atoms with Crippen molar-refractivity contribution in [2.24, 2.45) is 0 Å². The molecule has 0 aliphatic rings. The zero-order valence-electron chi connectivity index (χ0n) is 9.51. The number of hydrogen-bond acceptors (Lipinski definition) is 2. The maximum Gasteiger partial charge on any atom is 0.141 e. The Balaban J connectivity index is 2.00. The number of furan rings is 2. The molecule has 0 aliphatic carbocycles. The molecule has 85 valence electrons. The summed E-state index contributed by atoms with van der Waals surface area (Å²) in [6.45, 7) is 0. The fourth-order valence-corrected chi connectivity index (χ4v) is 2.26. The van der Waals surface area contributed by atoms with E-state index in [0.29, 0.717) is 0 Å². The van der Waals surface area contributed by atoms with Gasteiger partial charge in [-0.05, 0) is 12.1 Å². The van der Waals surface area contributed by atoms with E-state index in [0.717, 1.165) is 32.9 Å². The molecule has 2 heteroatoms. The molecule has 18 heavy (non-hydrogen) atoms. The molecule has 0 saturated heterocycles. The average Bonchev–Trinajstić information content (AvgIpc) is 3.04. The van der Waals surface area contributed by atoms with Crippen LogP contribution in [0.25, 0.3) is 32.9 Å². The van der Waals surface area contributed by atoms with Crippen LogP contribution >= 0.6 is 0 Å². The second-order valence-electron chi connectivity index (χ2n) is 4.28. The molecule has 4 rings (SSSR count). The predicted molar refractivity (Wildman–Crippen MR) is 70.3 cm³/mol. The Morgan fingerprint density at radius 3 is 2.89 bits per heavy atom. The molecule has 2 nitrogen and oxygen atoms in total. The fraction of sp³-hybridized carbons (Fsp3) is 0. The Bertz CT molecular complexity index is 836. The van der Waals surface area contributed by atoms with E-state index in [1.54, 1.807) is 18.8 Å². The van der Waals surface area contributed by atoms with Crippen LogP contribution in [0.3, 0.4) is 0 Å². The van der Waals surface area contributed by atoms with Gasteiger partial charge in [-0.25, -0.2) is 0 Å². The highest BCUT2D eigenvalue weighted by molar-refractivity contribution is 5.96. The molecular weight excluding hydrogens is 224 g/mol. The summed E-state index contributed by atoms with van der Waals surface area (Å²) >= 11 is 0. The highest BCUT2D eigenvalue weighted by Crippen LogP contribution is 2.32. The van der Waals surface area contributed by atoms with Crippen molar-refractivity contribution in [2.75, 3.05) is 0 Å². The van der Waals surface area contributed by atoms with Crippen molar-refractivity contribution in [3.05, 3.63) is 61.3 Å². The lowest BCUT2D eigenvalue weighted by atomic mass is 10.1. The molecule has 0 aliphatic heterocycles. The van der Waals surface area contributed by atoms with Gasteiger partial charge in [-0.1, -0.05) is 30.3 Å². The molecule has 2 aromatic heterocycles. The highest BCUT2D eigenvalue weighted by Gasteiger charge is 2.09. The van der Waals surface area contributed by atoms with Crippen LogP contribution in [0.5, 0.6) is 0 Å². The Morgan fingerprint density at radius 1 is 0.944 bits per heavy atom. The first kappa shape index (κ1) is 9.54. The topological polar surface area (TPSA) is 26.3 Å². The fourth-order valence-electron chi connectivity index (χ4n) is 2.26. The molecule has 0 saturated carbocycles. The van der Waals surface area contributed by atoms with Crippen molar-refractivity contribution in [1.82, 2.24) is 0 Å². The van der Waals surface area contributed by atoms with Crippen LogP contribution in [-0.2, 0) is 0 Å². The first-order chi connectivity index (χ1) is 8.92. The van der Waals surface area contributed by atoms with Gasteiger partial charge in [-0.15, -0.1) is 0 Å². The zero-order valence-corrected chi connectivity index (χ0v) is 9.51. The third-order valence-electron chi connectivity index (χ3n) is 3.17. The van der Waals surface area contributed by atoms with Crippen LogP contribution in [0.4, 0.5) is 0 Å². The van der Waals surface area contributed by atoms with Gasteiger partial charge in [0.15, 0.2) is 0 Å². The predicted octanol–water partition coefficient (Wildman–Crippen LogP) is 4.65. The molecule has 0 fully saturated rings. The number of benzene rings is 2. The number of fused-ring (bicyclic) bond motifs is 2. The molecule has 0 N–H and O–H groups in total.